The van der Waals surface area contributed by atoms with E-state index in [4.69, 9.17) is 10.6 Å². The molecule has 0 radical (unpaired) electrons. The van der Waals surface area contributed by atoms with E-state index in [0.29, 0.717) is 0 Å². The van der Waals surface area contributed by atoms with Gasteiger partial charge in [0.2, 0.25) is 0 Å². The average molecular weight is 206 g/mol. The highest BCUT2D eigenvalue weighted by atomic mass is 19.4. The van der Waals surface area contributed by atoms with E-state index in [1.165, 1.54) is 7.05 Å². The maximum atomic E-state index is 12.2. The second-order valence-electron chi connectivity index (χ2n) is 2.56. The summed E-state index contributed by atoms with van der Waals surface area (Å²) in [4.78, 5) is 4.76. The van der Waals surface area contributed by atoms with Crippen LogP contribution < -0.4 is 16.1 Å². The van der Waals surface area contributed by atoms with Crippen molar-refractivity contribution in [1.29, 1.82) is 0 Å². The van der Waals surface area contributed by atoms with Crippen LogP contribution in [0.5, 0.6) is 5.75 Å². The van der Waals surface area contributed by atoms with Crippen LogP contribution in [-0.2, 0) is 6.18 Å². The molecule has 0 fully saturated rings. The van der Waals surface area contributed by atoms with Crippen molar-refractivity contribution in [2.24, 2.45) is 0 Å². The zero-order valence-corrected chi connectivity index (χ0v) is 7.35. The van der Waals surface area contributed by atoms with E-state index >= 15 is 0 Å². The van der Waals surface area contributed by atoms with Crippen molar-refractivity contribution >= 4 is 5.69 Å². The first-order valence-corrected chi connectivity index (χ1v) is 3.75. The first kappa shape index (κ1) is 10.6. The topological polar surface area (TPSA) is 47.3 Å². The molecule has 14 heavy (non-hydrogen) atoms. The van der Waals surface area contributed by atoms with Crippen molar-refractivity contribution in [3.05, 3.63) is 23.8 Å². The molecule has 1 aromatic rings. The third kappa shape index (κ3) is 2.29. The van der Waals surface area contributed by atoms with Gasteiger partial charge in [0.1, 0.15) is 0 Å². The molecule has 3 N–H and O–H groups in total. The number of rotatable bonds is 2. The summed E-state index contributed by atoms with van der Waals surface area (Å²) in [6.07, 6.45) is -4.38. The number of halogens is 3. The Balaban J connectivity index is 3.01. The van der Waals surface area contributed by atoms with Crippen molar-refractivity contribution in [2.45, 2.75) is 6.18 Å². The molecule has 0 bridgehead atoms. The standard InChI is InChI=1S/C8H9F3N2O/c1-13-14-7-3-2-5(4-6(7)12)8(9,10)11/h2-4,13H,12H2,1H3. The van der Waals surface area contributed by atoms with Crippen molar-refractivity contribution in [3.63, 3.8) is 0 Å². The average Bonchev–Trinajstić information content (AvgIpc) is 2.07. The van der Waals surface area contributed by atoms with Crippen LogP contribution in [0.1, 0.15) is 5.56 Å². The first-order valence-electron chi connectivity index (χ1n) is 3.75. The molecule has 6 heteroatoms. The highest BCUT2D eigenvalue weighted by Crippen LogP contribution is 2.33. The normalized spacial score (nSPS) is 11.4. The summed E-state index contributed by atoms with van der Waals surface area (Å²) in [5, 5.41) is 0. The lowest BCUT2D eigenvalue weighted by Gasteiger charge is -2.10. The molecule has 0 aromatic heterocycles. The maximum Gasteiger partial charge on any atom is 0.416 e. The van der Waals surface area contributed by atoms with Crippen LogP contribution in [0, 0.1) is 0 Å². The van der Waals surface area contributed by atoms with Gasteiger partial charge in [-0.15, -0.1) is 0 Å². The molecule has 0 unspecified atom stereocenters. The van der Waals surface area contributed by atoms with Gasteiger partial charge in [-0.05, 0) is 18.2 Å². The Hall–Kier alpha value is -1.43. The number of nitrogens with one attached hydrogen (secondary N) is 1. The second-order valence-corrected chi connectivity index (χ2v) is 2.56. The van der Waals surface area contributed by atoms with Crippen molar-refractivity contribution < 1.29 is 18.0 Å². The number of hydrogen-bond donors (Lipinski definition) is 2. The zero-order chi connectivity index (χ0) is 10.8. The molecule has 0 saturated carbocycles. The molecule has 0 atom stereocenters. The van der Waals surface area contributed by atoms with Crippen LogP contribution >= 0.6 is 0 Å². The summed E-state index contributed by atoms with van der Waals surface area (Å²) >= 11 is 0. The number of benzene rings is 1. The molecule has 0 saturated heterocycles. The summed E-state index contributed by atoms with van der Waals surface area (Å²) < 4.78 is 36.5. The van der Waals surface area contributed by atoms with Crippen molar-refractivity contribution in [3.8, 4) is 5.75 Å². The van der Waals surface area contributed by atoms with E-state index < -0.39 is 11.7 Å². The number of nitrogens with two attached hydrogens (primary N) is 1. The van der Waals surface area contributed by atoms with Crippen molar-refractivity contribution in [1.82, 2.24) is 5.48 Å². The summed E-state index contributed by atoms with van der Waals surface area (Å²) in [7, 11) is 1.48. The molecular formula is C8H9F3N2O. The van der Waals surface area contributed by atoms with E-state index in [9.17, 15) is 13.2 Å². The lowest BCUT2D eigenvalue weighted by atomic mass is 10.2. The predicted octanol–water partition coefficient (Wildman–Crippen LogP) is 1.80. The van der Waals surface area contributed by atoms with Gasteiger partial charge in [-0.3, -0.25) is 0 Å². The van der Waals surface area contributed by atoms with Gasteiger partial charge in [0, 0.05) is 7.05 Å². The molecule has 0 spiro atoms. The largest absolute Gasteiger partial charge is 0.416 e. The Labute approximate surface area is 78.6 Å². The molecule has 3 nitrogen and oxygen atoms in total. The monoisotopic (exact) mass is 206 g/mol. The highest BCUT2D eigenvalue weighted by molar-refractivity contribution is 5.54. The number of nitrogen functional groups attached to an aromatic ring is 1. The van der Waals surface area contributed by atoms with Gasteiger partial charge in [0.05, 0.1) is 11.3 Å². The van der Waals surface area contributed by atoms with Crippen LogP contribution in [0.25, 0.3) is 0 Å². The second kappa shape index (κ2) is 3.75. The molecule has 0 aliphatic carbocycles. The highest BCUT2D eigenvalue weighted by Gasteiger charge is 2.30. The lowest BCUT2D eigenvalue weighted by Crippen LogP contribution is -2.13. The van der Waals surface area contributed by atoms with E-state index in [2.05, 4.69) is 5.48 Å². The predicted molar refractivity (Wildman–Crippen MR) is 45.5 cm³/mol. The minimum atomic E-state index is -4.38. The van der Waals surface area contributed by atoms with Crippen LogP contribution in [0.15, 0.2) is 18.2 Å². The molecule has 0 aliphatic heterocycles. The summed E-state index contributed by atoms with van der Waals surface area (Å²) in [5.41, 5.74) is 6.81. The smallest absolute Gasteiger partial charge is 0.407 e. The molecule has 78 valence electrons. The lowest BCUT2D eigenvalue weighted by molar-refractivity contribution is -0.137. The fourth-order valence-corrected chi connectivity index (χ4v) is 0.928. The van der Waals surface area contributed by atoms with Gasteiger partial charge in [0.15, 0.2) is 5.75 Å². The Kier molecular flexibility index (Phi) is 2.85. The van der Waals surface area contributed by atoms with Crippen LogP contribution in [-0.4, -0.2) is 7.05 Å². The van der Waals surface area contributed by atoms with E-state index in [-0.39, 0.29) is 11.4 Å². The van der Waals surface area contributed by atoms with E-state index in [1.54, 1.807) is 0 Å². The Morgan fingerprint density at radius 3 is 2.43 bits per heavy atom. The molecule has 1 aromatic carbocycles. The third-order valence-corrected chi connectivity index (χ3v) is 1.55. The summed E-state index contributed by atoms with van der Waals surface area (Å²) in [6, 6.07) is 2.89. The van der Waals surface area contributed by atoms with Crippen LogP contribution in [0.2, 0.25) is 0 Å². The van der Waals surface area contributed by atoms with Crippen LogP contribution in [0.3, 0.4) is 0 Å². The van der Waals surface area contributed by atoms with Gasteiger partial charge in [-0.25, -0.2) is 0 Å². The van der Waals surface area contributed by atoms with Crippen molar-refractivity contribution in [2.75, 3.05) is 12.8 Å². The molecule has 0 amide bonds. The quantitative estimate of drug-likeness (QED) is 0.573. The Bertz CT molecular complexity index is 325. The van der Waals surface area contributed by atoms with Gasteiger partial charge < -0.3 is 10.6 Å². The minimum Gasteiger partial charge on any atom is -0.407 e. The molecule has 0 heterocycles. The van der Waals surface area contributed by atoms with Gasteiger partial charge >= 0.3 is 6.18 Å². The van der Waals surface area contributed by atoms with E-state index in [1.807, 2.05) is 0 Å². The Morgan fingerprint density at radius 2 is 2.00 bits per heavy atom. The Morgan fingerprint density at radius 1 is 1.36 bits per heavy atom. The van der Waals surface area contributed by atoms with Gasteiger partial charge in [0.25, 0.3) is 0 Å². The summed E-state index contributed by atoms with van der Waals surface area (Å²) in [6.45, 7) is 0. The molecule has 1 rings (SSSR count). The number of hydrogen-bond acceptors (Lipinski definition) is 3. The molecular weight excluding hydrogens is 197 g/mol. The van der Waals surface area contributed by atoms with Gasteiger partial charge in [-0.1, -0.05) is 0 Å². The first-order chi connectivity index (χ1) is 6.45. The molecule has 0 aliphatic rings. The number of anilines is 1. The summed E-state index contributed by atoms with van der Waals surface area (Å²) in [5.74, 6) is 0.167. The fraction of sp³-hybridized carbons (Fsp3) is 0.250. The van der Waals surface area contributed by atoms with Gasteiger partial charge in [-0.2, -0.15) is 18.7 Å². The minimum absolute atomic E-state index is 0.0609. The SMILES string of the molecule is CNOc1ccc(C(F)(F)F)cc1N. The van der Waals surface area contributed by atoms with E-state index in [0.717, 1.165) is 18.2 Å². The zero-order valence-electron chi connectivity index (χ0n) is 7.35. The van der Waals surface area contributed by atoms with Crippen LogP contribution in [0.4, 0.5) is 18.9 Å². The maximum absolute atomic E-state index is 12.2. The third-order valence-electron chi connectivity index (χ3n) is 1.55. The number of alkyl halides is 3. The number of hydroxylamine groups is 1. The fourth-order valence-electron chi connectivity index (χ4n) is 0.928.